The zero-order valence-electron chi connectivity index (χ0n) is 19.1. The van der Waals surface area contributed by atoms with Crippen LogP contribution in [0.25, 0.3) is 0 Å². The molecule has 3 heterocycles. The number of aromatic nitrogens is 3. The van der Waals surface area contributed by atoms with Crippen LogP contribution in [0, 0.1) is 6.92 Å². The number of carbonyl (C=O) groups excluding carboxylic acids is 2. The predicted molar refractivity (Wildman–Crippen MR) is 135 cm³/mol. The quantitative estimate of drug-likeness (QED) is 0.284. The molecule has 1 fully saturated rings. The fraction of sp³-hybridized carbons (Fsp3) is 0.348. The molecule has 0 atom stereocenters. The second-order valence-electron chi connectivity index (χ2n) is 7.51. The summed E-state index contributed by atoms with van der Waals surface area (Å²) in [7, 11) is 0. The van der Waals surface area contributed by atoms with Gasteiger partial charge >= 0.3 is 5.97 Å². The van der Waals surface area contributed by atoms with Crippen LogP contribution in [-0.4, -0.2) is 65.4 Å². The predicted octanol–water partition coefficient (Wildman–Crippen LogP) is 3.48. The van der Waals surface area contributed by atoms with Gasteiger partial charge in [0, 0.05) is 37.9 Å². The van der Waals surface area contributed by atoms with Crippen LogP contribution in [-0.2, 0) is 9.53 Å². The van der Waals surface area contributed by atoms with E-state index in [4.69, 9.17) is 4.74 Å². The van der Waals surface area contributed by atoms with Gasteiger partial charge in [0.05, 0.1) is 18.1 Å². The Balaban J connectivity index is 1.29. The molecule has 0 bridgehead atoms. The van der Waals surface area contributed by atoms with Crippen LogP contribution in [0.4, 0.5) is 16.6 Å². The van der Waals surface area contributed by atoms with Crippen molar-refractivity contribution < 1.29 is 14.3 Å². The first-order valence-corrected chi connectivity index (χ1v) is 12.8. The normalized spacial score (nSPS) is 13.6. The van der Waals surface area contributed by atoms with Crippen molar-refractivity contribution in [3.8, 4) is 0 Å². The van der Waals surface area contributed by atoms with Gasteiger partial charge < -0.3 is 19.9 Å². The molecule has 0 spiro atoms. The Morgan fingerprint density at radius 3 is 2.59 bits per heavy atom. The van der Waals surface area contributed by atoms with E-state index >= 15 is 0 Å². The van der Waals surface area contributed by atoms with E-state index in [0.29, 0.717) is 15.7 Å². The summed E-state index contributed by atoms with van der Waals surface area (Å²) >= 11 is 2.45. The molecular weight excluding hydrogens is 472 g/mol. The van der Waals surface area contributed by atoms with E-state index in [2.05, 4.69) is 54.3 Å². The lowest BCUT2D eigenvalue weighted by Crippen LogP contribution is -2.46. The van der Waals surface area contributed by atoms with Gasteiger partial charge in [0.25, 0.3) is 0 Å². The molecule has 1 aromatic carbocycles. The van der Waals surface area contributed by atoms with Crippen molar-refractivity contribution in [1.29, 1.82) is 0 Å². The number of nitrogens with one attached hydrogen (secondary N) is 1. The minimum atomic E-state index is -0.425. The van der Waals surface area contributed by atoms with Crippen molar-refractivity contribution in [2.45, 2.75) is 18.9 Å². The van der Waals surface area contributed by atoms with Gasteiger partial charge in [-0.05, 0) is 26.0 Å². The molecule has 178 valence electrons. The SMILES string of the molecule is CCOC(=O)c1sc(NC(=O)CSc2cc(N3CCN(c4ccccc4)CC3)ncn2)nc1C. The first-order chi connectivity index (χ1) is 16.5. The van der Waals surface area contributed by atoms with Crippen LogP contribution in [0.1, 0.15) is 22.3 Å². The molecular formula is C23H26N6O3S2. The van der Waals surface area contributed by atoms with Crippen molar-refractivity contribution in [2.75, 3.05) is 53.7 Å². The maximum Gasteiger partial charge on any atom is 0.350 e. The van der Waals surface area contributed by atoms with Gasteiger partial charge in [-0.25, -0.2) is 19.7 Å². The molecule has 34 heavy (non-hydrogen) atoms. The van der Waals surface area contributed by atoms with Gasteiger partial charge in [-0.1, -0.05) is 41.3 Å². The van der Waals surface area contributed by atoms with Gasteiger partial charge in [0.1, 0.15) is 22.0 Å². The van der Waals surface area contributed by atoms with Crippen LogP contribution in [0.15, 0.2) is 47.8 Å². The summed E-state index contributed by atoms with van der Waals surface area (Å²) in [6.07, 6.45) is 1.54. The Labute approximate surface area is 206 Å². The maximum atomic E-state index is 12.4. The fourth-order valence-electron chi connectivity index (χ4n) is 3.55. The zero-order chi connectivity index (χ0) is 23.9. The number of carbonyl (C=O) groups is 2. The molecule has 2 aromatic heterocycles. The van der Waals surface area contributed by atoms with Gasteiger partial charge in [-0.3, -0.25) is 4.79 Å². The summed E-state index contributed by atoms with van der Waals surface area (Å²) in [6.45, 7) is 7.32. The van der Waals surface area contributed by atoms with Crippen LogP contribution in [0.5, 0.6) is 0 Å². The summed E-state index contributed by atoms with van der Waals surface area (Å²) in [4.78, 5) is 42.3. The number of ether oxygens (including phenoxy) is 1. The number of hydrogen-bond donors (Lipinski definition) is 1. The Kier molecular flexibility index (Phi) is 7.96. The number of para-hydroxylation sites is 1. The molecule has 1 N–H and O–H groups in total. The third kappa shape index (κ3) is 6.03. The molecule has 3 aromatic rings. The minimum absolute atomic E-state index is 0.172. The van der Waals surface area contributed by atoms with Crippen molar-refractivity contribution >= 4 is 51.6 Å². The molecule has 4 rings (SSSR count). The van der Waals surface area contributed by atoms with E-state index in [0.717, 1.165) is 48.4 Å². The lowest BCUT2D eigenvalue weighted by molar-refractivity contribution is -0.113. The van der Waals surface area contributed by atoms with E-state index in [1.807, 2.05) is 12.1 Å². The highest BCUT2D eigenvalue weighted by atomic mass is 32.2. The highest BCUT2D eigenvalue weighted by molar-refractivity contribution is 7.99. The van der Waals surface area contributed by atoms with Gasteiger partial charge in [0.2, 0.25) is 5.91 Å². The summed E-state index contributed by atoms with van der Waals surface area (Å²) < 4.78 is 5.02. The number of aryl methyl sites for hydroxylation is 1. The van der Waals surface area contributed by atoms with Crippen LogP contribution >= 0.6 is 23.1 Å². The molecule has 11 heteroatoms. The van der Waals surface area contributed by atoms with E-state index < -0.39 is 5.97 Å². The summed E-state index contributed by atoms with van der Waals surface area (Å²) in [5, 5.41) is 3.86. The van der Waals surface area contributed by atoms with Gasteiger partial charge in [-0.2, -0.15) is 0 Å². The number of amides is 1. The van der Waals surface area contributed by atoms with Crippen molar-refractivity contribution in [2.24, 2.45) is 0 Å². The van der Waals surface area contributed by atoms with E-state index in [1.54, 1.807) is 13.8 Å². The average Bonchev–Trinajstić information content (AvgIpc) is 3.23. The first-order valence-electron chi connectivity index (χ1n) is 11.0. The van der Waals surface area contributed by atoms with Crippen LogP contribution in [0.3, 0.4) is 0 Å². The number of thioether (sulfide) groups is 1. The third-order valence-electron chi connectivity index (χ3n) is 5.21. The van der Waals surface area contributed by atoms with Crippen LogP contribution in [0.2, 0.25) is 0 Å². The van der Waals surface area contributed by atoms with Gasteiger partial charge in [0.15, 0.2) is 5.13 Å². The zero-order valence-corrected chi connectivity index (χ0v) is 20.7. The molecule has 1 aliphatic heterocycles. The molecule has 1 aliphatic rings. The minimum Gasteiger partial charge on any atom is -0.462 e. The number of anilines is 3. The van der Waals surface area contributed by atoms with E-state index in [1.165, 1.54) is 23.8 Å². The highest BCUT2D eigenvalue weighted by Crippen LogP contribution is 2.25. The lowest BCUT2D eigenvalue weighted by Gasteiger charge is -2.36. The van der Waals surface area contributed by atoms with Crippen LogP contribution < -0.4 is 15.1 Å². The van der Waals surface area contributed by atoms with Crippen molar-refractivity contribution in [3.63, 3.8) is 0 Å². The average molecular weight is 499 g/mol. The number of rotatable bonds is 8. The molecule has 1 amide bonds. The topological polar surface area (TPSA) is 101 Å². The molecule has 0 unspecified atom stereocenters. The third-order valence-corrected chi connectivity index (χ3v) is 7.19. The number of hydrogen-bond acceptors (Lipinski definition) is 10. The second-order valence-corrected chi connectivity index (χ2v) is 9.51. The monoisotopic (exact) mass is 498 g/mol. The molecule has 9 nitrogen and oxygen atoms in total. The number of nitrogens with zero attached hydrogens (tertiary/aromatic N) is 5. The Morgan fingerprint density at radius 1 is 1.12 bits per heavy atom. The number of benzene rings is 1. The van der Waals surface area contributed by atoms with E-state index in [9.17, 15) is 9.59 Å². The summed E-state index contributed by atoms with van der Waals surface area (Å²) in [5.41, 5.74) is 1.77. The summed E-state index contributed by atoms with van der Waals surface area (Å²) in [5.74, 6) is 0.391. The summed E-state index contributed by atoms with van der Waals surface area (Å²) in [6, 6.07) is 12.3. The van der Waals surface area contributed by atoms with Crippen molar-refractivity contribution in [3.05, 3.63) is 53.3 Å². The van der Waals surface area contributed by atoms with E-state index in [-0.39, 0.29) is 18.3 Å². The number of esters is 1. The fourth-order valence-corrected chi connectivity index (χ4v) is 5.08. The Morgan fingerprint density at radius 2 is 1.85 bits per heavy atom. The molecule has 0 aliphatic carbocycles. The number of piperazine rings is 1. The highest BCUT2D eigenvalue weighted by Gasteiger charge is 2.20. The lowest BCUT2D eigenvalue weighted by atomic mass is 10.2. The molecule has 0 saturated carbocycles. The largest absolute Gasteiger partial charge is 0.462 e. The molecule has 1 saturated heterocycles. The van der Waals surface area contributed by atoms with Crippen molar-refractivity contribution in [1.82, 2.24) is 15.0 Å². The second kappa shape index (κ2) is 11.3. The maximum absolute atomic E-state index is 12.4. The standard InChI is InChI=1S/C23H26N6O3S2/c1-3-32-22(31)21-16(2)26-23(34-21)27-19(30)14-33-20-13-18(24-15-25-20)29-11-9-28(10-12-29)17-7-5-4-6-8-17/h4-8,13,15H,3,9-12,14H2,1-2H3,(H,26,27,30). The molecule has 0 radical (unpaired) electrons. The smallest absolute Gasteiger partial charge is 0.350 e. The first kappa shape index (κ1) is 24.0. The Bertz CT molecular complexity index is 1130. The van der Waals surface area contributed by atoms with Gasteiger partial charge in [-0.15, -0.1) is 0 Å². The number of thiazole rings is 1. The Hall–Kier alpha value is -3.18.